The zero-order valence-corrected chi connectivity index (χ0v) is 8.75. The molecule has 1 saturated heterocycles. The lowest BCUT2D eigenvalue weighted by atomic mass is 10.1. The van der Waals surface area contributed by atoms with Crippen molar-refractivity contribution in [3.63, 3.8) is 0 Å². The maximum Gasteiger partial charge on any atom is 0.490 e. The van der Waals surface area contributed by atoms with Crippen LogP contribution in [0.1, 0.15) is 0 Å². The molecular formula is C8H13F5N2O2. The van der Waals surface area contributed by atoms with Crippen molar-refractivity contribution in [2.75, 3.05) is 26.4 Å². The van der Waals surface area contributed by atoms with E-state index in [4.69, 9.17) is 15.6 Å². The highest BCUT2D eigenvalue weighted by Gasteiger charge is 2.38. The van der Waals surface area contributed by atoms with E-state index < -0.39 is 31.5 Å². The number of likely N-dealkylation sites (tertiary alicyclic amines) is 1. The number of nitrogens with zero attached hydrogens (tertiary/aromatic N) is 1. The summed E-state index contributed by atoms with van der Waals surface area (Å²) in [6.45, 7) is 0.0590. The third kappa shape index (κ3) is 5.78. The van der Waals surface area contributed by atoms with Gasteiger partial charge in [0.05, 0.1) is 6.04 Å². The SMILES string of the molecule is NC1CN(C(CF)CF)C1.O=C(O)C(F)(F)F. The summed E-state index contributed by atoms with van der Waals surface area (Å²) in [5.74, 6) is -2.76. The summed E-state index contributed by atoms with van der Waals surface area (Å²) < 4.78 is 55.6. The fourth-order valence-corrected chi connectivity index (χ4v) is 1.08. The van der Waals surface area contributed by atoms with Gasteiger partial charge in [-0.1, -0.05) is 0 Å². The summed E-state index contributed by atoms with van der Waals surface area (Å²) in [5, 5.41) is 7.12. The number of carboxylic acids is 1. The summed E-state index contributed by atoms with van der Waals surface area (Å²) in [6.07, 6.45) is -5.08. The molecule has 0 bridgehead atoms. The van der Waals surface area contributed by atoms with Crippen LogP contribution < -0.4 is 5.73 Å². The Morgan fingerprint density at radius 1 is 1.35 bits per heavy atom. The monoisotopic (exact) mass is 264 g/mol. The fourth-order valence-electron chi connectivity index (χ4n) is 1.08. The Balaban J connectivity index is 0.000000325. The molecule has 0 atom stereocenters. The Hall–Kier alpha value is -0.960. The van der Waals surface area contributed by atoms with Crippen molar-refractivity contribution >= 4 is 5.97 Å². The Morgan fingerprint density at radius 2 is 1.71 bits per heavy atom. The largest absolute Gasteiger partial charge is 0.490 e. The summed E-state index contributed by atoms with van der Waals surface area (Å²) in [5.41, 5.74) is 5.43. The molecule has 0 aromatic carbocycles. The number of nitrogens with two attached hydrogens (primary N) is 1. The molecule has 9 heteroatoms. The van der Waals surface area contributed by atoms with Crippen molar-refractivity contribution in [1.29, 1.82) is 0 Å². The quantitative estimate of drug-likeness (QED) is 0.731. The van der Waals surface area contributed by atoms with Gasteiger partial charge in [-0.3, -0.25) is 4.90 Å². The molecule has 0 radical (unpaired) electrons. The Kier molecular flexibility index (Phi) is 6.32. The van der Waals surface area contributed by atoms with Gasteiger partial charge in [0, 0.05) is 19.1 Å². The topological polar surface area (TPSA) is 66.6 Å². The second-order valence-electron chi connectivity index (χ2n) is 3.48. The van der Waals surface area contributed by atoms with Gasteiger partial charge in [-0.05, 0) is 0 Å². The average Bonchev–Trinajstić information content (AvgIpc) is 2.16. The van der Waals surface area contributed by atoms with E-state index >= 15 is 0 Å². The van der Waals surface area contributed by atoms with E-state index in [1.165, 1.54) is 0 Å². The smallest absolute Gasteiger partial charge is 0.475 e. The van der Waals surface area contributed by atoms with E-state index in [-0.39, 0.29) is 6.04 Å². The van der Waals surface area contributed by atoms with E-state index in [2.05, 4.69) is 0 Å². The van der Waals surface area contributed by atoms with Gasteiger partial charge in [-0.2, -0.15) is 13.2 Å². The summed E-state index contributed by atoms with van der Waals surface area (Å²) in [7, 11) is 0. The number of halogens is 5. The molecule has 4 nitrogen and oxygen atoms in total. The van der Waals surface area contributed by atoms with Crippen molar-refractivity contribution in [3.8, 4) is 0 Å². The van der Waals surface area contributed by atoms with Crippen LogP contribution in [0.15, 0.2) is 0 Å². The van der Waals surface area contributed by atoms with E-state index in [0.717, 1.165) is 0 Å². The van der Waals surface area contributed by atoms with Crippen molar-refractivity contribution in [3.05, 3.63) is 0 Å². The van der Waals surface area contributed by atoms with Gasteiger partial charge in [0.1, 0.15) is 13.3 Å². The first-order valence-corrected chi connectivity index (χ1v) is 4.64. The highest BCUT2D eigenvalue weighted by Crippen LogP contribution is 2.13. The number of hydrogen-bond donors (Lipinski definition) is 2. The van der Waals surface area contributed by atoms with Crippen LogP contribution in [0.4, 0.5) is 22.0 Å². The van der Waals surface area contributed by atoms with Gasteiger partial charge >= 0.3 is 12.1 Å². The minimum absolute atomic E-state index is 0.126. The van der Waals surface area contributed by atoms with Gasteiger partial charge in [-0.25, -0.2) is 13.6 Å². The molecule has 1 fully saturated rings. The van der Waals surface area contributed by atoms with Gasteiger partial charge < -0.3 is 10.8 Å². The van der Waals surface area contributed by atoms with Gasteiger partial charge in [0.15, 0.2) is 0 Å². The van der Waals surface area contributed by atoms with E-state index in [1.807, 2.05) is 0 Å². The lowest BCUT2D eigenvalue weighted by Gasteiger charge is -2.40. The second kappa shape index (κ2) is 6.70. The zero-order chi connectivity index (χ0) is 13.6. The number of carboxylic acid groups (broad SMARTS) is 1. The van der Waals surface area contributed by atoms with Crippen molar-refractivity contribution in [1.82, 2.24) is 4.90 Å². The molecule has 3 N–H and O–H groups in total. The van der Waals surface area contributed by atoms with Crippen molar-refractivity contribution < 1.29 is 31.9 Å². The van der Waals surface area contributed by atoms with Crippen LogP contribution in [0.5, 0.6) is 0 Å². The zero-order valence-electron chi connectivity index (χ0n) is 8.75. The highest BCUT2D eigenvalue weighted by atomic mass is 19.4. The van der Waals surface area contributed by atoms with Crippen LogP contribution in [-0.4, -0.2) is 60.7 Å². The second-order valence-corrected chi connectivity index (χ2v) is 3.48. The Labute approximate surface area is 94.2 Å². The van der Waals surface area contributed by atoms with Crippen LogP contribution in [0.25, 0.3) is 0 Å². The van der Waals surface area contributed by atoms with Crippen molar-refractivity contribution in [2.45, 2.75) is 18.3 Å². The van der Waals surface area contributed by atoms with Crippen LogP contribution >= 0.6 is 0 Å². The number of aliphatic carboxylic acids is 1. The first kappa shape index (κ1) is 16.0. The fraction of sp³-hybridized carbons (Fsp3) is 0.875. The molecule has 102 valence electrons. The Morgan fingerprint density at radius 3 is 1.88 bits per heavy atom. The standard InChI is InChI=1S/C6H12F2N2.C2HF3O2/c7-1-6(2-8)10-3-5(9)4-10;3-2(4,5)1(6)7/h5-6H,1-4,9H2;(H,6,7). The maximum absolute atomic E-state index is 11.9. The molecule has 0 aromatic rings. The normalized spacial score (nSPS) is 17.4. The molecule has 0 saturated carbocycles. The van der Waals surface area contributed by atoms with Crippen LogP contribution in [0.2, 0.25) is 0 Å². The van der Waals surface area contributed by atoms with Gasteiger partial charge in [0.25, 0.3) is 0 Å². The molecule has 1 aliphatic heterocycles. The number of hydrogen-bond acceptors (Lipinski definition) is 3. The first-order valence-electron chi connectivity index (χ1n) is 4.64. The number of carbonyl (C=O) groups is 1. The molecule has 0 aromatic heterocycles. The third-order valence-corrected chi connectivity index (χ3v) is 2.05. The molecule has 0 aliphatic carbocycles. The molecule has 17 heavy (non-hydrogen) atoms. The van der Waals surface area contributed by atoms with Crippen LogP contribution in [0, 0.1) is 0 Å². The highest BCUT2D eigenvalue weighted by molar-refractivity contribution is 5.73. The Bertz CT molecular complexity index is 239. The minimum Gasteiger partial charge on any atom is -0.475 e. The van der Waals surface area contributed by atoms with Crippen LogP contribution in [0.3, 0.4) is 0 Å². The van der Waals surface area contributed by atoms with Gasteiger partial charge in [0.2, 0.25) is 0 Å². The predicted molar refractivity (Wildman–Crippen MR) is 49.0 cm³/mol. The van der Waals surface area contributed by atoms with E-state index in [0.29, 0.717) is 13.1 Å². The number of alkyl halides is 5. The summed E-state index contributed by atoms with van der Waals surface area (Å²) in [4.78, 5) is 10.6. The minimum atomic E-state index is -5.08. The lowest BCUT2D eigenvalue weighted by Crippen LogP contribution is -2.60. The van der Waals surface area contributed by atoms with Gasteiger partial charge in [-0.15, -0.1) is 0 Å². The molecule has 0 spiro atoms. The molecule has 1 heterocycles. The van der Waals surface area contributed by atoms with E-state index in [9.17, 15) is 22.0 Å². The predicted octanol–water partition coefficient (Wildman–Crippen LogP) is 0.570. The molecule has 0 unspecified atom stereocenters. The summed E-state index contributed by atoms with van der Waals surface area (Å²) >= 11 is 0. The summed E-state index contributed by atoms with van der Waals surface area (Å²) in [6, 6.07) is -0.416. The maximum atomic E-state index is 11.9. The first-order chi connectivity index (χ1) is 7.72. The van der Waals surface area contributed by atoms with E-state index in [1.54, 1.807) is 4.90 Å². The average molecular weight is 264 g/mol. The molecule has 1 aliphatic rings. The van der Waals surface area contributed by atoms with Crippen LogP contribution in [-0.2, 0) is 4.79 Å². The molecule has 1 rings (SSSR count). The number of rotatable bonds is 3. The molecule has 0 amide bonds. The lowest BCUT2D eigenvalue weighted by molar-refractivity contribution is -0.192. The van der Waals surface area contributed by atoms with Crippen molar-refractivity contribution in [2.24, 2.45) is 5.73 Å². The molecular weight excluding hydrogens is 251 g/mol. The third-order valence-electron chi connectivity index (χ3n) is 2.05.